The molecule has 122 valence electrons. The van der Waals surface area contributed by atoms with Gasteiger partial charge < -0.3 is 15.0 Å². The summed E-state index contributed by atoms with van der Waals surface area (Å²) < 4.78 is 2.52. The van der Waals surface area contributed by atoms with Crippen LogP contribution in [0.4, 0.5) is 16.2 Å². The number of nitrogens with zero attached hydrogens (tertiary/aromatic N) is 3. The van der Waals surface area contributed by atoms with E-state index < -0.39 is 6.03 Å². The van der Waals surface area contributed by atoms with Crippen LogP contribution < -0.4 is 10.7 Å². The Kier molecular flexibility index (Phi) is 4.48. The number of aryl methyl sites for hydroxylation is 1. The highest BCUT2D eigenvalue weighted by molar-refractivity contribution is 9.10. The molecule has 0 aliphatic rings. The lowest BCUT2D eigenvalue weighted by molar-refractivity contribution is 0.252. The van der Waals surface area contributed by atoms with E-state index >= 15 is 0 Å². The van der Waals surface area contributed by atoms with Crippen molar-refractivity contribution in [3.05, 3.63) is 53.0 Å². The van der Waals surface area contributed by atoms with Gasteiger partial charge in [-0.05, 0) is 30.3 Å². The maximum Gasteiger partial charge on any atom is 0.341 e. The van der Waals surface area contributed by atoms with Crippen LogP contribution in [-0.4, -0.2) is 15.7 Å². The normalized spacial score (nSPS) is 11.1. The third-order valence-electron chi connectivity index (χ3n) is 3.45. The molecule has 0 saturated heterocycles. The summed E-state index contributed by atoms with van der Waals surface area (Å²) >= 11 is 3.32. The van der Waals surface area contributed by atoms with Crippen LogP contribution in [0.3, 0.4) is 0 Å². The van der Waals surface area contributed by atoms with E-state index in [-0.39, 0.29) is 5.88 Å². The van der Waals surface area contributed by atoms with E-state index in [9.17, 15) is 9.90 Å². The second kappa shape index (κ2) is 6.71. The molecule has 3 aromatic rings. The van der Waals surface area contributed by atoms with Crippen LogP contribution in [0.25, 0.3) is 10.9 Å². The maximum absolute atomic E-state index is 11.8. The summed E-state index contributed by atoms with van der Waals surface area (Å²) in [5.41, 5.74) is 4.02. The number of halogens is 1. The number of carbonyl (C=O) groups is 1. The highest BCUT2D eigenvalue weighted by Gasteiger charge is 2.13. The van der Waals surface area contributed by atoms with E-state index in [2.05, 4.69) is 37.0 Å². The molecule has 24 heavy (non-hydrogen) atoms. The minimum absolute atomic E-state index is 0.0185. The smallest absolute Gasteiger partial charge is 0.341 e. The number of rotatable bonds is 3. The Bertz CT molecular complexity index is 918. The zero-order valence-corrected chi connectivity index (χ0v) is 14.3. The molecule has 0 aliphatic heterocycles. The van der Waals surface area contributed by atoms with Gasteiger partial charge in [0.25, 0.3) is 0 Å². The third kappa shape index (κ3) is 3.23. The second-order valence-electron chi connectivity index (χ2n) is 5.02. The van der Waals surface area contributed by atoms with Crippen molar-refractivity contribution < 1.29 is 9.90 Å². The molecule has 0 unspecified atom stereocenters. The van der Waals surface area contributed by atoms with E-state index in [0.717, 1.165) is 15.4 Å². The van der Waals surface area contributed by atoms with Crippen LogP contribution >= 0.6 is 15.9 Å². The van der Waals surface area contributed by atoms with Gasteiger partial charge >= 0.3 is 6.03 Å². The number of nitrogens with one attached hydrogen (secondary N) is 2. The van der Waals surface area contributed by atoms with Gasteiger partial charge in [-0.25, -0.2) is 10.2 Å². The molecule has 0 radical (unpaired) electrons. The van der Waals surface area contributed by atoms with Crippen molar-refractivity contribution in [1.82, 2.24) is 9.99 Å². The minimum atomic E-state index is -0.527. The average molecular weight is 388 g/mol. The second-order valence-corrected chi connectivity index (χ2v) is 5.94. The molecule has 3 N–H and O–H groups in total. The van der Waals surface area contributed by atoms with Gasteiger partial charge in [0.05, 0.1) is 5.52 Å². The lowest BCUT2D eigenvalue weighted by Crippen LogP contribution is -2.23. The number of hydrogen-bond acceptors (Lipinski definition) is 4. The fraction of sp³-hybridized carbons (Fsp3) is 0.0625. The zero-order chi connectivity index (χ0) is 17.1. The van der Waals surface area contributed by atoms with Crippen molar-refractivity contribution >= 4 is 44.2 Å². The average Bonchev–Trinajstić information content (AvgIpc) is 2.82. The van der Waals surface area contributed by atoms with E-state index in [1.165, 1.54) is 0 Å². The minimum Gasteiger partial charge on any atom is -0.493 e. The van der Waals surface area contributed by atoms with Crippen LogP contribution in [0.5, 0.6) is 5.88 Å². The van der Waals surface area contributed by atoms with Gasteiger partial charge in [-0.1, -0.05) is 39.4 Å². The van der Waals surface area contributed by atoms with Gasteiger partial charge in [-0.15, -0.1) is 5.11 Å². The van der Waals surface area contributed by atoms with Gasteiger partial charge in [-0.2, -0.15) is 0 Å². The predicted molar refractivity (Wildman–Crippen MR) is 95.4 cm³/mol. The summed E-state index contributed by atoms with van der Waals surface area (Å²) in [4.78, 5) is 11.8. The number of carbonyl (C=O) groups excluding carboxylic acids is 1. The van der Waals surface area contributed by atoms with Gasteiger partial charge in [0.15, 0.2) is 5.69 Å². The molecule has 2 amide bonds. The molecular weight excluding hydrogens is 374 g/mol. The zero-order valence-electron chi connectivity index (χ0n) is 12.7. The van der Waals surface area contributed by atoms with Crippen molar-refractivity contribution in [2.24, 2.45) is 17.4 Å². The summed E-state index contributed by atoms with van der Waals surface area (Å²) in [5.74, 6) is -0.0185. The number of anilines is 1. The number of urea groups is 1. The quantitative estimate of drug-likeness (QED) is 0.457. The Morgan fingerprint density at radius 3 is 2.62 bits per heavy atom. The molecule has 1 aromatic heterocycles. The fourth-order valence-electron chi connectivity index (χ4n) is 2.27. The number of benzene rings is 2. The number of hydrogen-bond donors (Lipinski definition) is 3. The maximum atomic E-state index is 11.8. The molecule has 2 aromatic carbocycles. The van der Waals surface area contributed by atoms with E-state index in [1.807, 2.05) is 36.4 Å². The number of aromatic hydroxyl groups is 1. The molecule has 0 fully saturated rings. The van der Waals surface area contributed by atoms with Crippen molar-refractivity contribution in [2.45, 2.75) is 0 Å². The van der Waals surface area contributed by atoms with Gasteiger partial charge in [-0.3, -0.25) is 0 Å². The number of fused-ring (bicyclic) bond motifs is 1. The molecule has 0 bridgehead atoms. The first-order valence-electron chi connectivity index (χ1n) is 7.06. The van der Waals surface area contributed by atoms with E-state index in [1.54, 1.807) is 23.7 Å². The number of aromatic nitrogens is 1. The van der Waals surface area contributed by atoms with Crippen molar-refractivity contribution in [3.8, 4) is 5.88 Å². The summed E-state index contributed by atoms with van der Waals surface area (Å²) in [6.45, 7) is 0. The van der Waals surface area contributed by atoms with Crippen molar-refractivity contribution in [1.29, 1.82) is 0 Å². The Balaban J connectivity index is 1.71. The standard InChI is InChI=1S/C16H14BrN5O2/c1-22-13-5-3-2-4-12(13)14(15(22)23)19-21-20-16(24)18-11-8-6-10(17)7-9-11/h2-9,23H,1H3,(H2,18,19,20,24). The Labute approximate surface area is 146 Å². The highest BCUT2D eigenvalue weighted by atomic mass is 79.9. The third-order valence-corrected chi connectivity index (χ3v) is 3.98. The molecule has 1 heterocycles. The number of para-hydroxylation sites is 1. The number of amides is 2. The monoisotopic (exact) mass is 387 g/mol. The van der Waals surface area contributed by atoms with Gasteiger partial charge in [0.1, 0.15) is 0 Å². The molecule has 0 spiro atoms. The van der Waals surface area contributed by atoms with Crippen molar-refractivity contribution in [3.63, 3.8) is 0 Å². The van der Waals surface area contributed by atoms with Crippen LogP contribution in [0.1, 0.15) is 0 Å². The molecule has 8 heteroatoms. The molecular formula is C16H14BrN5O2. The molecule has 7 nitrogen and oxygen atoms in total. The molecule has 0 atom stereocenters. The predicted octanol–water partition coefficient (Wildman–Crippen LogP) is 4.47. The van der Waals surface area contributed by atoms with Gasteiger partial charge in [0.2, 0.25) is 5.88 Å². The van der Waals surface area contributed by atoms with E-state index in [4.69, 9.17) is 0 Å². The Morgan fingerprint density at radius 1 is 1.17 bits per heavy atom. The lowest BCUT2D eigenvalue weighted by atomic mass is 10.2. The Morgan fingerprint density at radius 2 is 1.88 bits per heavy atom. The largest absolute Gasteiger partial charge is 0.493 e. The summed E-state index contributed by atoms with van der Waals surface area (Å²) in [6, 6.07) is 14.0. The lowest BCUT2D eigenvalue weighted by Gasteiger charge is -2.03. The first-order valence-corrected chi connectivity index (χ1v) is 7.85. The van der Waals surface area contributed by atoms with Crippen LogP contribution in [0.2, 0.25) is 0 Å². The van der Waals surface area contributed by atoms with Crippen LogP contribution in [0, 0.1) is 0 Å². The fourth-order valence-corrected chi connectivity index (χ4v) is 2.54. The SMILES string of the molecule is Cn1c(O)c(N=NNC(=O)Nc2ccc(Br)cc2)c2ccccc21. The van der Waals surface area contributed by atoms with Gasteiger partial charge in [0, 0.05) is 22.6 Å². The van der Waals surface area contributed by atoms with Crippen LogP contribution in [0.15, 0.2) is 63.3 Å². The van der Waals surface area contributed by atoms with Crippen molar-refractivity contribution in [2.75, 3.05) is 5.32 Å². The topological polar surface area (TPSA) is 91.0 Å². The molecule has 0 saturated carbocycles. The highest BCUT2D eigenvalue weighted by Crippen LogP contribution is 2.37. The summed E-state index contributed by atoms with van der Waals surface area (Å²) in [5, 5.41) is 21.1. The summed E-state index contributed by atoms with van der Waals surface area (Å²) in [6.07, 6.45) is 0. The summed E-state index contributed by atoms with van der Waals surface area (Å²) in [7, 11) is 1.73. The first kappa shape index (κ1) is 16.0. The first-order chi connectivity index (χ1) is 11.6. The van der Waals surface area contributed by atoms with Crippen LogP contribution in [-0.2, 0) is 7.05 Å². The molecule has 3 rings (SSSR count). The Hall–Kier alpha value is -2.87. The van der Waals surface area contributed by atoms with E-state index in [0.29, 0.717) is 11.4 Å². The molecule has 0 aliphatic carbocycles.